The van der Waals surface area contributed by atoms with Crippen molar-refractivity contribution in [1.82, 2.24) is 13.9 Å². The van der Waals surface area contributed by atoms with E-state index in [4.69, 9.17) is 4.74 Å². The summed E-state index contributed by atoms with van der Waals surface area (Å²) in [6, 6.07) is 19.0. The number of fused-ring (bicyclic) bond motifs is 1. The first-order chi connectivity index (χ1) is 15.7. The number of hydrogen-bond acceptors (Lipinski definition) is 5. The minimum absolute atomic E-state index is 0.0816. The fraction of sp³-hybridized carbons (Fsp3) is 0.200. The summed E-state index contributed by atoms with van der Waals surface area (Å²) < 4.78 is 34.3. The van der Waals surface area contributed by atoms with E-state index in [1.165, 1.54) is 35.2 Å². The number of nitrogens with zero attached hydrogens (tertiary/aromatic N) is 3. The summed E-state index contributed by atoms with van der Waals surface area (Å²) >= 11 is 0. The van der Waals surface area contributed by atoms with Crippen LogP contribution < -0.4 is 10.3 Å². The normalized spacial score (nSPS) is 11.8. The van der Waals surface area contributed by atoms with E-state index in [0.29, 0.717) is 28.2 Å². The smallest absolute Gasteiger partial charge is 0.266 e. The third kappa shape index (κ3) is 4.27. The number of para-hydroxylation sites is 1. The van der Waals surface area contributed by atoms with Crippen LogP contribution >= 0.6 is 0 Å². The largest absolute Gasteiger partial charge is 0.497 e. The van der Waals surface area contributed by atoms with E-state index in [0.717, 1.165) is 11.1 Å². The summed E-state index contributed by atoms with van der Waals surface area (Å²) in [7, 11) is -0.821. The molecular formula is C25H25N3O4S. The molecule has 4 rings (SSSR count). The van der Waals surface area contributed by atoms with Crippen LogP contribution in [0.4, 0.5) is 0 Å². The Morgan fingerprint density at radius 2 is 1.70 bits per heavy atom. The lowest BCUT2D eigenvalue weighted by molar-refractivity contribution is 0.414. The highest BCUT2D eigenvalue weighted by Gasteiger charge is 2.24. The van der Waals surface area contributed by atoms with Crippen LogP contribution in [0.3, 0.4) is 0 Å². The average molecular weight is 464 g/mol. The first-order valence-electron chi connectivity index (χ1n) is 10.4. The molecular weight excluding hydrogens is 438 g/mol. The first-order valence-corrected chi connectivity index (χ1v) is 11.8. The summed E-state index contributed by atoms with van der Waals surface area (Å²) in [4.78, 5) is 18.3. The second-order valence-corrected chi connectivity index (χ2v) is 9.96. The number of aryl methyl sites for hydroxylation is 2. The fourth-order valence-corrected chi connectivity index (χ4v) is 4.93. The third-order valence-electron chi connectivity index (χ3n) is 5.57. The zero-order valence-electron chi connectivity index (χ0n) is 18.9. The molecule has 1 heterocycles. The molecule has 33 heavy (non-hydrogen) atoms. The van der Waals surface area contributed by atoms with E-state index in [2.05, 4.69) is 4.98 Å². The van der Waals surface area contributed by atoms with E-state index in [-0.39, 0.29) is 17.0 Å². The molecule has 0 saturated heterocycles. The van der Waals surface area contributed by atoms with Crippen LogP contribution in [0.25, 0.3) is 16.6 Å². The molecule has 0 N–H and O–H groups in total. The SMILES string of the molecule is COc1ccc(S(=O)(=O)N(C)Cc2nc3ccccc3c(=O)n2-c2ccc(C)cc2C)cc1. The Labute approximate surface area is 192 Å². The quantitative estimate of drug-likeness (QED) is 0.434. The van der Waals surface area contributed by atoms with Gasteiger partial charge in [-0.25, -0.2) is 13.4 Å². The van der Waals surface area contributed by atoms with Crippen molar-refractivity contribution in [3.05, 3.63) is 94.0 Å². The number of methoxy groups -OCH3 is 1. The molecule has 0 atom stereocenters. The molecule has 1 aromatic heterocycles. The zero-order chi connectivity index (χ0) is 23.8. The number of aromatic nitrogens is 2. The molecule has 0 spiro atoms. The highest BCUT2D eigenvalue weighted by molar-refractivity contribution is 7.89. The van der Waals surface area contributed by atoms with Gasteiger partial charge in [-0.3, -0.25) is 9.36 Å². The molecule has 0 aliphatic rings. The van der Waals surface area contributed by atoms with Crippen molar-refractivity contribution < 1.29 is 13.2 Å². The van der Waals surface area contributed by atoms with Gasteiger partial charge < -0.3 is 4.74 Å². The number of rotatable bonds is 6. The van der Waals surface area contributed by atoms with Gasteiger partial charge in [0.15, 0.2) is 0 Å². The van der Waals surface area contributed by atoms with Crippen molar-refractivity contribution in [1.29, 1.82) is 0 Å². The van der Waals surface area contributed by atoms with Gasteiger partial charge in [0.2, 0.25) is 10.0 Å². The van der Waals surface area contributed by atoms with Gasteiger partial charge in [-0.1, -0.05) is 29.8 Å². The van der Waals surface area contributed by atoms with Crippen molar-refractivity contribution in [3.8, 4) is 11.4 Å². The minimum atomic E-state index is -3.82. The maximum atomic E-state index is 13.5. The maximum absolute atomic E-state index is 13.5. The highest BCUT2D eigenvalue weighted by Crippen LogP contribution is 2.22. The topological polar surface area (TPSA) is 81.5 Å². The minimum Gasteiger partial charge on any atom is -0.497 e. The second-order valence-electron chi connectivity index (χ2n) is 7.91. The van der Waals surface area contributed by atoms with Gasteiger partial charge in [0.05, 0.1) is 35.1 Å². The monoisotopic (exact) mass is 463 g/mol. The van der Waals surface area contributed by atoms with Crippen molar-refractivity contribution in [3.63, 3.8) is 0 Å². The highest BCUT2D eigenvalue weighted by atomic mass is 32.2. The van der Waals surface area contributed by atoms with Crippen LogP contribution in [0.15, 0.2) is 76.4 Å². The Bertz CT molecular complexity index is 1490. The summed E-state index contributed by atoms with van der Waals surface area (Å²) in [6.45, 7) is 3.82. The van der Waals surface area contributed by atoms with E-state index in [1.54, 1.807) is 36.4 Å². The van der Waals surface area contributed by atoms with Crippen molar-refractivity contribution >= 4 is 20.9 Å². The molecule has 0 amide bonds. The van der Waals surface area contributed by atoms with Crippen LogP contribution in [0, 0.1) is 13.8 Å². The lowest BCUT2D eigenvalue weighted by Gasteiger charge is -2.21. The van der Waals surface area contributed by atoms with E-state index in [9.17, 15) is 13.2 Å². The summed E-state index contributed by atoms with van der Waals surface area (Å²) in [5.41, 5.74) is 2.93. The Balaban J connectivity index is 1.85. The number of benzene rings is 3. The molecule has 8 heteroatoms. The predicted octanol–water partition coefficient (Wildman–Crippen LogP) is 3.83. The van der Waals surface area contributed by atoms with Crippen LogP contribution in [-0.4, -0.2) is 36.4 Å². The molecule has 0 aliphatic carbocycles. The molecule has 0 unspecified atom stereocenters. The van der Waals surface area contributed by atoms with Crippen molar-refractivity contribution in [2.45, 2.75) is 25.3 Å². The lowest BCUT2D eigenvalue weighted by Crippen LogP contribution is -2.32. The maximum Gasteiger partial charge on any atom is 0.266 e. The first kappa shape index (κ1) is 22.7. The van der Waals surface area contributed by atoms with Gasteiger partial charge in [-0.2, -0.15) is 4.31 Å². The van der Waals surface area contributed by atoms with Gasteiger partial charge in [0.25, 0.3) is 5.56 Å². The van der Waals surface area contributed by atoms with Gasteiger partial charge in [-0.15, -0.1) is 0 Å². The molecule has 0 saturated carbocycles. The van der Waals surface area contributed by atoms with E-state index < -0.39 is 10.0 Å². The number of ether oxygens (including phenoxy) is 1. The van der Waals surface area contributed by atoms with Crippen LogP contribution in [0.2, 0.25) is 0 Å². The Hall–Kier alpha value is -3.49. The molecule has 4 aromatic rings. The molecule has 170 valence electrons. The van der Waals surface area contributed by atoms with Crippen LogP contribution in [-0.2, 0) is 16.6 Å². The molecule has 7 nitrogen and oxygen atoms in total. The third-order valence-corrected chi connectivity index (χ3v) is 7.39. The van der Waals surface area contributed by atoms with Gasteiger partial charge in [-0.05, 0) is 61.9 Å². The summed E-state index contributed by atoms with van der Waals surface area (Å²) in [6.07, 6.45) is 0. The Kier molecular flexibility index (Phi) is 6.05. The molecule has 0 bridgehead atoms. The Morgan fingerprint density at radius 3 is 2.36 bits per heavy atom. The number of sulfonamides is 1. The van der Waals surface area contributed by atoms with Crippen molar-refractivity contribution in [2.75, 3.05) is 14.2 Å². The average Bonchev–Trinajstić information content (AvgIpc) is 2.80. The summed E-state index contributed by atoms with van der Waals surface area (Å²) in [5, 5.41) is 0.474. The molecule has 0 radical (unpaired) electrons. The lowest BCUT2D eigenvalue weighted by atomic mass is 10.1. The van der Waals surface area contributed by atoms with Gasteiger partial charge >= 0.3 is 0 Å². The fourth-order valence-electron chi connectivity index (χ4n) is 3.80. The summed E-state index contributed by atoms with van der Waals surface area (Å²) in [5.74, 6) is 0.904. The van der Waals surface area contributed by atoms with Gasteiger partial charge in [0, 0.05) is 7.05 Å². The van der Waals surface area contributed by atoms with E-state index >= 15 is 0 Å². The second kappa shape index (κ2) is 8.80. The Morgan fingerprint density at radius 1 is 1.00 bits per heavy atom. The number of hydrogen-bond donors (Lipinski definition) is 0. The zero-order valence-corrected chi connectivity index (χ0v) is 19.8. The van der Waals surface area contributed by atoms with Crippen molar-refractivity contribution in [2.24, 2.45) is 0 Å². The van der Waals surface area contributed by atoms with Gasteiger partial charge in [0.1, 0.15) is 11.6 Å². The molecule has 3 aromatic carbocycles. The standard InChI is InChI=1S/C25H25N3O4S/c1-17-9-14-23(18(2)15-17)28-24(26-22-8-6-5-7-21(22)25(28)29)16-27(3)33(30,31)20-12-10-19(32-4)11-13-20/h5-15H,16H2,1-4H3. The molecule has 0 aliphatic heterocycles. The van der Waals surface area contributed by atoms with Crippen LogP contribution in [0.5, 0.6) is 5.75 Å². The molecule has 0 fully saturated rings. The van der Waals surface area contributed by atoms with E-state index in [1.807, 2.05) is 32.0 Å². The van der Waals surface area contributed by atoms with Crippen LogP contribution in [0.1, 0.15) is 17.0 Å². The predicted molar refractivity (Wildman–Crippen MR) is 128 cm³/mol.